The van der Waals surface area contributed by atoms with Crippen LogP contribution in [0.4, 0.5) is 0 Å². The summed E-state index contributed by atoms with van der Waals surface area (Å²) in [7, 11) is 0. The maximum Gasteiger partial charge on any atom is 0.218 e. The summed E-state index contributed by atoms with van der Waals surface area (Å²) < 4.78 is 0. The Morgan fingerprint density at radius 3 is 2.73 bits per heavy atom. The van der Waals surface area contributed by atoms with Gasteiger partial charge in [-0.05, 0) is 37.8 Å². The summed E-state index contributed by atoms with van der Waals surface area (Å²) in [5.74, 6) is -0.259. The van der Waals surface area contributed by atoms with E-state index < -0.39 is 0 Å². The van der Waals surface area contributed by atoms with Crippen LogP contribution >= 0.6 is 11.3 Å². The van der Waals surface area contributed by atoms with E-state index in [1.165, 1.54) is 10.4 Å². The van der Waals surface area contributed by atoms with Gasteiger partial charge in [0.05, 0.1) is 0 Å². The number of carbonyl (C=O) groups is 1. The first-order valence-electron chi connectivity index (χ1n) is 5.09. The molecule has 3 N–H and O–H groups in total. The third-order valence-electron chi connectivity index (χ3n) is 2.34. The number of amides is 1. The molecule has 0 aliphatic rings. The fourth-order valence-electron chi connectivity index (χ4n) is 1.69. The van der Waals surface area contributed by atoms with Crippen LogP contribution in [0, 0.1) is 6.92 Å². The Morgan fingerprint density at radius 2 is 2.27 bits per heavy atom. The van der Waals surface area contributed by atoms with Crippen molar-refractivity contribution < 1.29 is 4.79 Å². The second kappa shape index (κ2) is 5.28. The van der Waals surface area contributed by atoms with Gasteiger partial charge in [-0.1, -0.05) is 0 Å². The number of hydrogen-bond donors (Lipinski definition) is 2. The topological polar surface area (TPSA) is 55.1 Å². The molecule has 0 radical (unpaired) electrons. The van der Waals surface area contributed by atoms with Crippen LogP contribution in [0.5, 0.6) is 0 Å². The molecule has 0 spiro atoms. The van der Waals surface area contributed by atoms with Crippen LogP contribution in [-0.2, 0) is 4.79 Å². The van der Waals surface area contributed by atoms with Gasteiger partial charge >= 0.3 is 0 Å². The molecule has 0 saturated carbocycles. The van der Waals surface area contributed by atoms with Gasteiger partial charge in [0, 0.05) is 23.4 Å². The Bertz CT molecular complexity index is 335. The normalized spacial score (nSPS) is 14.9. The molecule has 0 aliphatic heterocycles. The van der Waals surface area contributed by atoms with Crippen LogP contribution in [0.3, 0.4) is 0 Å². The van der Waals surface area contributed by atoms with Gasteiger partial charge in [0.1, 0.15) is 0 Å². The number of rotatable bonds is 5. The van der Waals surface area contributed by atoms with Gasteiger partial charge < -0.3 is 11.1 Å². The van der Waals surface area contributed by atoms with Crippen molar-refractivity contribution in [3.63, 3.8) is 0 Å². The fourth-order valence-corrected chi connectivity index (χ4v) is 2.64. The summed E-state index contributed by atoms with van der Waals surface area (Å²) in [6, 6.07) is 2.51. The number of nitrogens with one attached hydrogen (secondary N) is 1. The predicted octanol–water partition coefficient (Wildman–Crippen LogP) is 1.97. The minimum atomic E-state index is -0.259. The number of nitrogens with two attached hydrogens (primary N) is 1. The lowest BCUT2D eigenvalue weighted by molar-refractivity contribution is -0.118. The van der Waals surface area contributed by atoms with Crippen molar-refractivity contribution in [2.75, 3.05) is 0 Å². The minimum absolute atomic E-state index is 0.124. The summed E-state index contributed by atoms with van der Waals surface area (Å²) in [6.07, 6.45) is 0.384. The van der Waals surface area contributed by atoms with Gasteiger partial charge in [-0.3, -0.25) is 4.79 Å². The predicted molar refractivity (Wildman–Crippen MR) is 63.9 cm³/mol. The Morgan fingerprint density at radius 1 is 1.60 bits per heavy atom. The molecule has 1 aromatic heterocycles. The van der Waals surface area contributed by atoms with Crippen molar-refractivity contribution in [3.8, 4) is 0 Å². The lowest BCUT2D eigenvalue weighted by Crippen LogP contribution is -2.32. The van der Waals surface area contributed by atoms with Crippen molar-refractivity contribution in [1.82, 2.24) is 5.32 Å². The van der Waals surface area contributed by atoms with Crippen LogP contribution in [0.15, 0.2) is 11.4 Å². The van der Waals surface area contributed by atoms with Crippen molar-refractivity contribution in [2.24, 2.45) is 5.73 Å². The molecule has 4 heteroatoms. The number of hydrogen-bond acceptors (Lipinski definition) is 3. The highest BCUT2D eigenvalue weighted by molar-refractivity contribution is 7.10. The van der Waals surface area contributed by atoms with Crippen LogP contribution in [0.2, 0.25) is 0 Å². The summed E-state index contributed by atoms with van der Waals surface area (Å²) in [6.45, 7) is 6.18. The van der Waals surface area contributed by atoms with Crippen LogP contribution in [-0.4, -0.2) is 11.9 Å². The second-order valence-electron chi connectivity index (χ2n) is 3.93. The van der Waals surface area contributed by atoms with Gasteiger partial charge in [0.2, 0.25) is 5.91 Å². The smallest absolute Gasteiger partial charge is 0.218 e. The third-order valence-corrected chi connectivity index (χ3v) is 3.54. The van der Waals surface area contributed by atoms with Gasteiger partial charge in [0.15, 0.2) is 0 Å². The standard InChI is InChI=1S/C11H18N2OS/c1-7-4-5-15-11(7)9(3)13-8(2)6-10(12)14/h4-5,8-9,13H,6H2,1-3H3,(H2,12,14). The Balaban J connectivity index is 2.52. The number of carbonyl (C=O) groups excluding carboxylic acids is 1. The molecule has 84 valence electrons. The quantitative estimate of drug-likeness (QED) is 0.806. The van der Waals surface area contributed by atoms with Crippen molar-refractivity contribution in [3.05, 3.63) is 21.9 Å². The molecule has 2 atom stereocenters. The molecule has 1 heterocycles. The first-order valence-corrected chi connectivity index (χ1v) is 5.97. The van der Waals surface area contributed by atoms with E-state index in [9.17, 15) is 4.79 Å². The average Bonchev–Trinajstić information content (AvgIpc) is 2.49. The molecular weight excluding hydrogens is 208 g/mol. The zero-order valence-electron chi connectivity index (χ0n) is 9.41. The maximum atomic E-state index is 10.7. The van der Waals surface area contributed by atoms with Crippen LogP contribution in [0.25, 0.3) is 0 Å². The first-order chi connectivity index (χ1) is 7.00. The molecule has 1 rings (SSSR count). The van der Waals surface area contributed by atoms with Crippen LogP contribution in [0.1, 0.15) is 36.8 Å². The highest BCUT2D eigenvalue weighted by Gasteiger charge is 2.13. The molecule has 2 unspecified atom stereocenters. The van der Waals surface area contributed by atoms with Gasteiger partial charge in [-0.25, -0.2) is 0 Å². The highest BCUT2D eigenvalue weighted by atomic mass is 32.1. The summed E-state index contributed by atoms with van der Waals surface area (Å²) >= 11 is 1.74. The van der Waals surface area contributed by atoms with Gasteiger partial charge in [-0.2, -0.15) is 0 Å². The maximum absolute atomic E-state index is 10.7. The third kappa shape index (κ3) is 3.64. The lowest BCUT2D eigenvalue weighted by Gasteiger charge is -2.18. The fraction of sp³-hybridized carbons (Fsp3) is 0.545. The summed E-state index contributed by atoms with van der Waals surface area (Å²) in [5.41, 5.74) is 6.44. The monoisotopic (exact) mass is 226 g/mol. The van der Waals surface area contributed by atoms with Gasteiger partial charge in [0.25, 0.3) is 0 Å². The molecular formula is C11H18N2OS. The van der Waals surface area contributed by atoms with Crippen LogP contribution < -0.4 is 11.1 Å². The SMILES string of the molecule is Cc1ccsc1C(C)NC(C)CC(N)=O. The van der Waals surface area contributed by atoms with Crippen molar-refractivity contribution in [1.29, 1.82) is 0 Å². The molecule has 1 aromatic rings. The highest BCUT2D eigenvalue weighted by Crippen LogP contribution is 2.23. The van der Waals surface area contributed by atoms with E-state index in [1.807, 2.05) is 6.92 Å². The first kappa shape index (κ1) is 12.2. The molecule has 1 amide bonds. The average molecular weight is 226 g/mol. The van der Waals surface area contributed by atoms with E-state index in [0.717, 1.165) is 0 Å². The molecule has 0 aliphatic carbocycles. The van der Waals surface area contributed by atoms with Crippen molar-refractivity contribution in [2.45, 2.75) is 39.3 Å². The van der Waals surface area contributed by atoms with Gasteiger partial charge in [-0.15, -0.1) is 11.3 Å². The Labute approximate surface area is 94.7 Å². The zero-order valence-corrected chi connectivity index (χ0v) is 10.2. The van der Waals surface area contributed by atoms with E-state index in [2.05, 4.69) is 30.6 Å². The largest absolute Gasteiger partial charge is 0.370 e. The summed E-state index contributed by atoms with van der Waals surface area (Å²) in [5, 5.41) is 5.45. The molecule has 0 fully saturated rings. The van der Waals surface area contributed by atoms with E-state index in [0.29, 0.717) is 6.42 Å². The summed E-state index contributed by atoms with van der Waals surface area (Å²) in [4.78, 5) is 12.1. The van der Waals surface area contributed by atoms with E-state index in [4.69, 9.17) is 5.73 Å². The lowest BCUT2D eigenvalue weighted by atomic mass is 10.1. The minimum Gasteiger partial charge on any atom is -0.370 e. The molecule has 3 nitrogen and oxygen atoms in total. The molecule has 0 saturated heterocycles. The van der Waals surface area contributed by atoms with E-state index >= 15 is 0 Å². The van der Waals surface area contributed by atoms with E-state index in [1.54, 1.807) is 11.3 Å². The molecule has 0 bridgehead atoms. The zero-order chi connectivity index (χ0) is 11.4. The number of aryl methyl sites for hydroxylation is 1. The molecule has 15 heavy (non-hydrogen) atoms. The Hall–Kier alpha value is -0.870. The van der Waals surface area contributed by atoms with E-state index in [-0.39, 0.29) is 18.0 Å². The Kier molecular flexibility index (Phi) is 4.29. The number of thiophene rings is 1. The molecule has 0 aromatic carbocycles. The second-order valence-corrected chi connectivity index (χ2v) is 4.88. The number of primary amides is 1. The van der Waals surface area contributed by atoms with Crippen molar-refractivity contribution >= 4 is 17.2 Å².